The van der Waals surface area contributed by atoms with Gasteiger partial charge in [0.2, 0.25) is 0 Å². The van der Waals surface area contributed by atoms with Crippen molar-refractivity contribution in [3.63, 3.8) is 0 Å². The van der Waals surface area contributed by atoms with Crippen LogP contribution in [0.5, 0.6) is 0 Å². The van der Waals surface area contributed by atoms with E-state index in [4.69, 9.17) is 0 Å². The third-order valence-corrected chi connectivity index (χ3v) is 5.09. The Bertz CT molecular complexity index is 532. The second kappa shape index (κ2) is 6.32. The average Bonchev–Trinajstić information content (AvgIpc) is 3.01. The lowest BCUT2D eigenvalue weighted by molar-refractivity contribution is -0.384. The Balaban J connectivity index is 1.82. The van der Waals surface area contributed by atoms with Crippen molar-refractivity contribution in [2.45, 2.75) is 31.7 Å². The number of nitro groups is 1. The fourth-order valence-corrected chi connectivity index (χ4v) is 3.92. The molecule has 0 bridgehead atoms. The highest BCUT2D eigenvalue weighted by atomic mass is 79.9. The lowest BCUT2D eigenvalue weighted by atomic mass is 9.89. The van der Waals surface area contributed by atoms with Crippen molar-refractivity contribution in [3.05, 3.63) is 32.8 Å². The molecular formula is C15H20BrN3O2. The van der Waals surface area contributed by atoms with E-state index in [9.17, 15) is 10.1 Å². The molecule has 0 saturated carbocycles. The van der Waals surface area contributed by atoms with Crippen LogP contribution in [0, 0.1) is 16.0 Å². The minimum absolute atomic E-state index is 0.207. The van der Waals surface area contributed by atoms with E-state index in [0.717, 1.165) is 36.2 Å². The molecule has 3 rings (SSSR count). The molecule has 5 nitrogen and oxygen atoms in total. The van der Waals surface area contributed by atoms with E-state index in [1.807, 2.05) is 6.07 Å². The highest BCUT2D eigenvalue weighted by Gasteiger charge is 2.31. The predicted octanol–water partition coefficient (Wildman–Crippen LogP) is 3.33. The Hall–Kier alpha value is -1.14. The van der Waals surface area contributed by atoms with Crippen LogP contribution in [0.3, 0.4) is 0 Å². The van der Waals surface area contributed by atoms with Crippen molar-refractivity contribution in [3.8, 4) is 0 Å². The van der Waals surface area contributed by atoms with Crippen molar-refractivity contribution in [2.75, 3.05) is 24.5 Å². The molecular weight excluding hydrogens is 334 g/mol. The Kier molecular flexibility index (Phi) is 4.45. The fourth-order valence-electron chi connectivity index (χ4n) is 3.58. The van der Waals surface area contributed by atoms with E-state index in [-0.39, 0.29) is 10.6 Å². The zero-order valence-corrected chi connectivity index (χ0v) is 13.5. The summed E-state index contributed by atoms with van der Waals surface area (Å²) in [5.74, 6) is 0.597. The quantitative estimate of drug-likeness (QED) is 0.668. The third kappa shape index (κ3) is 3.21. The molecule has 2 aliphatic rings. The number of nitrogens with zero attached hydrogens (tertiary/aromatic N) is 2. The normalized spacial score (nSPS) is 26.0. The standard InChI is InChI=1S/C15H20BrN3O2/c16-12-5-6-14(19(20)21)15(9-12)18-8-2-3-11(10-18)13-4-1-7-17-13/h5-6,9,11,13,17H,1-4,7-8,10H2. The van der Waals surface area contributed by atoms with Crippen LogP contribution in [0.15, 0.2) is 22.7 Å². The van der Waals surface area contributed by atoms with E-state index in [2.05, 4.69) is 26.1 Å². The molecule has 2 heterocycles. The van der Waals surface area contributed by atoms with Crippen molar-refractivity contribution >= 4 is 27.3 Å². The summed E-state index contributed by atoms with van der Waals surface area (Å²) in [5, 5.41) is 14.8. The first kappa shape index (κ1) is 14.8. The molecule has 1 N–H and O–H groups in total. The smallest absolute Gasteiger partial charge is 0.292 e. The van der Waals surface area contributed by atoms with Gasteiger partial charge in [0.1, 0.15) is 5.69 Å². The van der Waals surface area contributed by atoms with Gasteiger partial charge in [0.15, 0.2) is 0 Å². The number of hydrogen-bond acceptors (Lipinski definition) is 4. The zero-order valence-electron chi connectivity index (χ0n) is 11.9. The maximum absolute atomic E-state index is 11.3. The van der Waals surface area contributed by atoms with Gasteiger partial charge in [0, 0.05) is 29.7 Å². The molecule has 1 aromatic rings. The number of piperidine rings is 1. The van der Waals surface area contributed by atoms with Gasteiger partial charge in [-0.1, -0.05) is 15.9 Å². The van der Waals surface area contributed by atoms with Crippen LogP contribution in [0.1, 0.15) is 25.7 Å². The molecule has 0 aliphatic carbocycles. The Labute approximate surface area is 133 Å². The highest BCUT2D eigenvalue weighted by Crippen LogP contribution is 2.35. The van der Waals surface area contributed by atoms with Crippen molar-refractivity contribution in [1.82, 2.24) is 5.32 Å². The molecule has 2 unspecified atom stereocenters. The van der Waals surface area contributed by atoms with Crippen LogP contribution in [-0.2, 0) is 0 Å². The molecule has 2 aliphatic heterocycles. The van der Waals surface area contributed by atoms with E-state index >= 15 is 0 Å². The van der Waals surface area contributed by atoms with Crippen LogP contribution in [0.4, 0.5) is 11.4 Å². The third-order valence-electron chi connectivity index (χ3n) is 4.60. The van der Waals surface area contributed by atoms with Crippen LogP contribution in [0.25, 0.3) is 0 Å². The molecule has 2 saturated heterocycles. The monoisotopic (exact) mass is 353 g/mol. The first-order valence-corrected chi connectivity index (χ1v) is 8.37. The Morgan fingerprint density at radius 3 is 2.90 bits per heavy atom. The molecule has 0 aromatic heterocycles. The summed E-state index contributed by atoms with van der Waals surface area (Å²) in [4.78, 5) is 13.2. The molecule has 114 valence electrons. The predicted molar refractivity (Wildman–Crippen MR) is 86.8 cm³/mol. The summed E-state index contributed by atoms with van der Waals surface area (Å²) in [6.45, 7) is 2.92. The topological polar surface area (TPSA) is 58.4 Å². The first-order chi connectivity index (χ1) is 10.1. The van der Waals surface area contributed by atoms with Crippen LogP contribution in [0.2, 0.25) is 0 Å². The molecule has 1 aromatic carbocycles. The van der Waals surface area contributed by atoms with Gasteiger partial charge in [0.25, 0.3) is 5.69 Å². The van der Waals surface area contributed by atoms with Crippen LogP contribution < -0.4 is 10.2 Å². The van der Waals surface area contributed by atoms with Gasteiger partial charge in [-0.15, -0.1) is 0 Å². The van der Waals surface area contributed by atoms with Crippen molar-refractivity contribution in [1.29, 1.82) is 0 Å². The van der Waals surface area contributed by atoms with Gasteiger partial charge in [-0.3, -0.25) is 10.1 Å². The van der Waals surface area contributed by atoms with E-state index in [1.54, 1.807) is 12.1 Å². The van der Waals surface area contributed by atoms with Crippen LogP contribution >= 0.6 is 15.9 Å². The van der Waals surface area contributed by atoms with Gasteiger partial charge < -0.3 is 10.2 Å². The number of benzene rings is 1. The second-order valence-corrected chi connectivity index (χ2v) is 6.86. The SMILES string of the molecule is O=[N+]([O-])c1ccc(Br)cc1N1CCCC(C2CCCN2)C1. The summed E-state index contributed by atoms with van der Waals surface area (Å²) in [5.41, 5.74) is 0.954. The fraction of sp³-hybridized carbons (Fsp3) is 0.600. The number of halogens is 1. The average molecular weight is 354 g/mol. The van der Waals surface area contributed by atoms with Crippen molar-refractivity contribution < 1.29 is 4.92 Å². The summed E-state index contributed by atoms with van der Waals surface area (Å²) in [7, 11) is 0. The van der Waals surface area contributed by atoms with Gasteiger partial charge >= 0.3 is 0 Å². The molecule has 2 atom stereocenters. The maximum Gasteiger partial charge on any atom is 0.292 e. The molecule has 0 spiro atoms. The van der Waals surface area contributed by atoms with Crippen LogP contribution in [-0.4, -0.2) is 30.6 Å². The minimum atomic E-state index is -0.279. The van der Waals surface area contributed by atoms with E-state index < -0.39 is 0 Å². The number of nitrogens with one attached hydrogen (secondary N) is 1. The lowest BCUT2D eigenvalue weighted by Crippen LogP contribution is -2.43. The van der Waals surface area contributed by atoms with Gasteiger partial charge in [-0.05, 0) is 50.3 Å². The van der Waals surface area contributed by atoms with E-state index in [1.165, 1.54) is 19.3 Å². The largest absolute Gasteiger partial charge is 0.366 e. The summed E-state index contributed by atoms with van der Waals surface area (Å²) in [6.07, 6.45) is 4.81. The highest BCUT2D eigenvalue weighted by molar-refractivity contribution is 9.10. The molecule has 0 amide bonds. The minimum Gasteiger partial charge on any atom is -0.366 e. The lowest BCUT2D eigenvalue weighted by Gasteiger charge is -2.37. The molecule has 6 heteroatoms. The Morgan fingerprint density at radius 2 is 2.19 bits per heavy atom. The van der Waals surface area contributed by atoms with E-state index in [0.29, 0.717) is 12.0 Å². The molecule has 2 fully saturated rings. The van der Waals surface area contributed by atoms with Gasteiger partial charge in [-0.25, -0.2) is 0 Å². The number of hydrogen-bond donors (Lipinski definition) is 1. The van der Waals surface area contributed by atoms with Crippen molar-refractivity contribution in [2.24, 2.45) is 5.92 Å². The molecule has 21 heavy (non-hydrogen) atoms. The summed E-state index contributed by atoms with van der Waals surface area (Å²) in [6, 6.07) is 5.79. The molecule has 0 radical (unpaired) electrons. The zero-order chi connectivity index (χ0) is 14.8. The van der Waals surface area contributed by atoms with Gasteiger partial charge in [-0.2, -0.15) is 0 Å². The second-order valence-electron chi connectivity index (χ2n) is 5.94. The maximum atomic E-state index is 11.3. The van der Waals surface area contributed by atoms with Gasteiger partial charge in [0.05, 0.1) is 4.92 Å². The summed E-state index contributed by atoms with van der Waals surface area (Å²) < 4.78 is 0.893. The number of nitro benzene ring substituents is 1. The Morgan fingerprint density at radius 1 is 1.33 bits per heavy atom. The number of rotatable bonds is 3. The summed E-state index contributed by atoms with van der Waals surface area (Å²) >= 11 is 3.43. The number of anilines is 1. The first-order valence-electron chi connectivity index (χ1n) is 7.57.